The Balaban J connectivity index is 1.98. The highest BCUT2D eigenvalue weighted by molar-refractivity contribution is 5.99. The monoisotopic (exact) mass is 282 g/mol. The summed E-state index contributed by atoms with van der Waals surface area (Å²) < 4.78 is 5.14. The molecule has 0 saturated carbocycles. The molecule has 21 heavy (non-hydrogen) atoms. The molecule has 0 unspecified atom stereocenters. The molecule has 0 fully saturated rings. The third-order valence-corrected chi connectivity index (χ3v) is 3.72. The van der Waals surface area contributed by atoms with Crippen molar-refractivity contribution in [2.75, 3.05) is 17.2 Å². The summed E-state index contributed by atoms with van der Waals surface area (Å²) in [6.45, 7) is 3.68. The smallest absolute Gasteiger partial charge is 0.340 e. The highest BCUT2D eigenvalue weighted by Crippen LogP contribution is 2.35. The lowest BCUT2D eigenvalue weighted by atomic mass is 10.1. The van der Waals surface area contributed by atoms with Crippen molar-refractivity contribution in [3.05, 3.63) is 59.2 Å². The lowest BCUT2D eigenvalue weighted by Gasteiger charge is -2.22. The Hall–Kier alpha value is -2.49. The second kappa shape index (κ2) is 5.48. The number of carbonyl (C=O) groups is 1. The predicted molar refractivity (Wildman–Crippen MR) is 83.1 cm³/mol. The zero-order valence-corrected chi connectivity index (χ0v) is 12.0. The van der Waals surface area contributed by atoms with E-state index < -0.39 is 0 Å². The van der Waals surface area contributed by atoms with Gasteiger partial charge in [-0.25, -0.2) is 4.79 Å². The molecule has 0 bridgehead atoms. The molecule has 2 N–H and O–H groups in total. The Kier molecular flexibility index (Phi) is 3.52. The van der Waals surface area contributed by atoms with E-state index in [2.05, 4.69) is 17.0 Å². The second-order valence-corrected chi connectivity index (χ2v) is 5.09. The fourth-order valence-corrected chi connectivity index (χ4v) is 2.78. The number of esters is 1. The maximum atomic E-state index is 12.1. The van der Waals surface area contributed by atoms with E-state index in [4.69, 9.17) is 10.5 Å². The van der Waals surface area contributed by atoms with Gasteiger partial charge < -0.3 is 15.4 Å². The number of nitrogen functional groups attached to an aromatic ring is 1. The number of hydrogen-bond acceptors (Lipinski definition) is 4. The molecule has 1 aliphatic heterocycles. The zero-order valence-electron chi connectivity index (χ0n) is 12.0. The van der Waals surface area contributed by atoms with E-state index in [9.17, 15) is 4.79 Å². The number of nitrogens with two attached hydrogens (primary N) is 1. The van der Waals surface area contributed by atoms with Crippen molar-refractivity contribution in [3.8, 4) is 0 Å². The minimum Gasteiger partial charge on any atom is -0.462 e. The molecule has 0 aromatic heterocycles. The first-order chi connectivity index (χ1) is 10.2. The molecule has 2 aromatic rings. The van der Waals surface area contributed by atoms with Crippen molar-refractivity contribution in [2.24, 2.45) is 0 Å². The Morgan fingerprint density at radius 2 is 1.81 bits per heavy atom. The lowest BCUT2D eigenvalue weighted by molar-refractivity contribution is 0.0527. The fraction of sp³-hybridized carbons (Fsp3) is 0.235. The number of nitrogens with zero attached hydrogens (tertiary/aromatic N) is 1. The normalized spacial score (nSPS) is 13.1. The van der Waals surface area contributed by atoms with E-state index in [1.807, 2.05) is 18.2 Å². The van der Waals surface area contributed by atoms with Crippen molar-refractivity contribution in [2.45, 2.75) is 20.0 Å². The molecular formula is C17H18N2O2. The molecule has 0 spiro atoms. The van der Waals surface area contributed by atoms with Crippen LogP contribution in [0.5, 0.6) is 0 Å². The summed E-state index contributed by atoms with van der Waals surface area (Å²) >= 11 is 0. The summed E-state index contributed by atoms with van der Waals surface area (Å²) in [6.07, 6.45) is 0. The fourth-order valence-electron chi connectivity index (χ4n) is 2.78. The van der Waals surface area contributed by atoms with Gasteiger partial charge in [0.15, 0.2) is 0 Å². The lowest BCUT2D eigenvalue weighted by Crippen LogP contribution is -2.20. The van der Waals surface area contributed by atoms with Crippen LogP contribution in [0.4, 0.5) is 11.4 Å². The zero-order chi connectivity index (χ0) is 14.8. The van der Waals surface area contributed by atoms with Crippen LogP contribution in [0.15, 0.2) is 42.5 Å². The standard InChI is InChI=1S/C17H18N2O2/c1-2-21-17(20)14-8-5-9-15(18)16(14)19-10-12-6-3-4-7-13(12)11-19/h3-9H,2,10-11,18H2,1H3. The van der Waals surface area contributed by atoms with Gasteiger partial charge in [-0.1, -0.05) is 30.3 Å². The van der Waals surface area contributed by atoms with Crippen LogP contribution in [0.1, 0.15) is 28.4 Å². The molecule has 2 aromatic carbocycles. The molecule has 0 aliphatic carbocycles. The van der Waals surface area contributed by atoms with Gasteiger partial charge in [-0.2, -0.15) is 0 Å². The summed E-state index contributed by atoms with van der Waals surface area (Å²) in [7, 11) is 0. The Bertz CT molecular complexity index is 657. The van der Waals surface area contributed by atoms with Crippen LogP contribution >= 0.6 is 0 Å². The van der Waals surface area contributed by atoms with Crippen molar-refractivity contribution in [1.82, 2.24) is 0 Å². The van der Waals surface area contributed by atoms with Gasteiger partial charge in [-0.15, -0.1) is 0 Å². The topological polar surface area (TPSA) is 55.6 Å². The van der Waals surface area contributed by atoms with Gasteiger partial charge in [0.25, 0.3) is 0 Å². The van der Waals surface area contributed by atoms with Crippen LogP contribution < -0.4 is 10.6 Å². The molecule has 1 aliphatic rings. The Morgan fingerprint density at radius 3 is 2.43 bits per heavy atom. The molecule has 0 saturated heterocycles. The van der Waals surface area contributed by atoms with Gasteiger partial charge in [-0.3, -0.25) is 0 Å². The molecule has 1 heterocycles. The number of para-hydroxylation sites is 1. The van der Waals surface area contributed by atoms with Crippen molar-refractivity contribution < 1.29 is 9.53 Å². The van der Waals surface area contributed by atoms with Gasteiger partial charge in [-0.05, 0) is 30.2 Å². The largest absolute Gasteiger partial charge is 0.462 e. The SMILES string of the molecule is CCOC(=O)c1cccc(N)c1N1Cc2ccccc2C1. The number of benzene rings is 2. The highest BCUT2D eigenvalue weighted by atomic mass is 16.5. The molecule has 4 heteroatoms. The van der Waals surface area contributed by atoms with Crippen molar-refractivity contribution in [1.29, 1.82) is 0 Å². The van der Waals surface area contributed by atoms with Crippen molar-refractivity contribution >= 4 is 17.3 Å². The number of carbonyl (C=O) groups excluding carboxylic acids is 1. The molecule has 4 nitrogen and oxygen atoms in total. The average molecular weight is 282 g/mol. The molecule has 3 rings (SSSR count). The van der Waals surface area contributed by atoms with E-state index in [-0.39, 0.29) is 5.97 Å². The van der Waals surface area contributed by atoms with Crippen molar-refractivity contribution in [3.63, 3.8) is 0 Å². The minimum atomic E-state index is -0.323. The number of rotatable bonds is 3. The number of fused-ring (bicyclic) bond motifs is 1. The molecule has 0 amide bonds. The molecular weight excluding hydrogens is 264 g/mol. The summed E-state index contributed by atoms with van der Waals surface area (Å²) in [6, 6.07) is 13.7. The number of ether oxygens (including phenoxy) is 1. The van der Waals surface area contributed by atoms with Crippen LogP contribution in [-0.4, -0.2) is 12.6 Å². The number of hydrogen-bond donors (Lipinski definition) is 1. The predicted octanol–water partition coefficient (Wildman–Crippen LogP) is 2.97. The van der Waals surface area contributed by atoms with Gasteiger partial charge in [0, 0.05) is 13.1 Å². The molecule has 0 atom stereocenters. The Labute approximate surface area is 124 Å². The van der Waals surface area contributed by atoms with Gasteiger partial charge >= 0.3 is 5.97 Å². The van der Waals surface area contributed by atoms with E-state index in [1.54, 1.807) is 19.1 Å². The summed E-state index contributed by atoms with van der Waals surface area (Å²) in [5, 5.41) is 0. The van der Waals surface area contributed by atoms with E-state index in [0.29, 0.717) is 17.9 Å². The summed E-state index contributed by atoms with van der Waals surface area (Å²) in [5.41, 5.74) is 10.6. The summed E-state index contributed by atoms with van der Waals surface area (Å²) in [4.78, 5) is 14.3. The quantitative estimate of drug-likeness (QED) is 0.694. The van der Waals surface area contributed by atoms with Gasteiger partial charge in [0.05, 0.1) is 23.5 Å². The summed E-state index contributed by atoms with van der Waals surface area (Å²) in [5.74, 6) is -0.323. The first kappa shape index (κ1) is 13.5. The highest BCUT2D eigenvalue weighted by Gasteiger charge is 2.25. The molecule has 108 valence electrons. The maximum absolute atomic E-state index is 12.1. The van der Waals surface area contributed by atoms with Crippen LogP contribution in [0.25, 0.3) is 0 Å². The van der Waals surface area contributed by atoms with Crippen LogP contribution in [0, 0.1) is 0 Å². The van der Waals surface area contributed by atoms with Crippen LogP contribution in [0.3, 0.4) is 0 Å². The average Bonchev–Trinajstić information content (AvgIpc) is 2.90. The minimum absolute atomic E-state index is 0.323. The van der Waals surface area contributed by atoms with Crippen LogP contribution in [0.2, 0.25) is 0 Å². The first-order valence-electron chi connectivity index (χ1n) is 7.08. The maximum Gasteiger partial charge on any atom is 0.340 e. The van der Waals surface area contributed by atoms with Crippen LogP contribution in [-0.2, 0) is 17.8 Å². The number of anilines is 2. The first-order valence-corrected chi connectivity index (χ1v) is 7.08. The van der Waals surface area contributed by atoms with Gasteiger partial charge in [0.1, 0.15) is 0 Å². The van der Waals surface area contributed by atoms with E-state index >= 15 is 0 Å². The molecule has 0 radical (unpaired) electrons. The Morgan fingerprint density at radius 1 is 1.14 bits per heavy atom. The second-order valence-electron chi connectivity index (χ2n) is 5.09. The van der Waals surface area contributed by atoms with E-state index in [1.165, 1.54) is 11.1 Å². The third kappa shape index (κ3) is 2.44. The van der Waals surface area contributed by atoms with E-state index in [0.717, 1.165) is 18.8 Å². The third-order valence-electron chi connectivity index (χ3n) is 3.72. The van der Waals surface area contributed by atoms with Gasteiger partial charge in [0.2, 0.25) is 0 Å².